The molecule has 1 saturated carbocycles. The molecule has 1 unspecified atom stereocenters. The zero-order valence-electron chi connectivity index (χ0n) is 12.8. The quantitative estimate of drug-likeness (QED) is 0.773. The lowest BCUT2D eigenvalue weighted by atomic mass is 10.0. The van der Waals surface area contributed by atoms with Crippen molar-refractivity contribution in [3.05, 3.63) is 29.8 Å². The molecule has 4 nitrogen and oxygen atoms in total. The molecule has 1 aliphatic rings. The summed E-state index contributed by atoms with van der Waals surface area (Å²) >= 11 is 0. The molecule has 0 aliphatic heterocycles. The Bertz CT molecular complexity index is 562. The maximum Gasteiger partial charge on any atom is 0.175 e. The molecule has 2 N–H and O–H groups in total. The number of sulfone groups is 1. The molecule has 0 heterocycles. The monoisotopic (exact) mass is 311 g/mol. The Morgan fingerprint density at radius 1 is 1.29 bits per heavy atom. The summed E-state index contributed by atoms with van der Waals surface area (Å²) in [6.45, 7) is 3.67. The van der Waals surface area contributed by atoms with Crippen LogP contribution in [-0.4, -0.2) is 32.9 Å². The summed E-state index contributed by atoms with van der Waals surface area (Å²) in [4.78, 5) is 0.284. The molecule has 0 amide bonds. The average molecular weight is 311 g/mol. The van der Waals surface area contributed by atoms with Crippen molar-refractivity contribution in [1.29, 1.82) is 0 Å². The Hall–Kier alpha value is -0.910. The topological polar surface area (TPSA) is 66.4 Å². The standard InChI is InChI=1S/C16H25NO3S/c1-3-8-16(9-10-16)12-17-11-15(18)13-4-6-14(7-5-13)21(2,19)20/h4-7,15,17-18H,3,8-12H2,1-2H3. The van der Waals surface area contributed by atoms with Crippen LogP contribution in [0, 0.1) is 5.41 Å². The number of hydrogen-bond donors (Lipinski definition) is 2. The summed E-state index contributed by atoms with van der Waals surface area (Å²) in [5, 5.41) is 13.5. The maximum absolute atomic E-state index is 11.4. The fourth-order valence-corrected chi connectivity index (χ4v) is 3.38. The SMILES string of the molecule is CCCC1(CNCC(O)c2ccc(S(C)(=O)=O)cc2)CC1. The second-order valence-electron chi connectivity index (χ2n) is 6.24. The van der Waals surface area contributed by atoms with Crippen molar-refractivity contribution in [3.8, 4) is 0 Å². The van der Waals surface area contributed by atoms with Crippen molar-refractivity contribution < 1.29 is 13.5 Å². The van der Waals surface area contributed by atoms with E-state index in [1.54, 1.807) is 24.3 Å². The zero-order valence-corrected chi connectivity index (χ0v) is 13.6. The minimum atomic E-state index is -3.18. The second kappa shape index (κ2) is 6.46. The van der Waals surface area contributed by atoms with Crippen molar-refractivity contribution in [2.75, 3.05) is 19.3 Å². The third-order valence-corrected chi connectivity index (χ3v) is 5.40. The molecule has 0 aromatic heterocycles. The molecule has 0 spiro atoms. The van der Waals surface area contributed by atoms with Crippen LogP contribution in [0.4, 0.5) is 0 Å². The Labute approximate surface area is 127 Å². The second-order valence-corrected chi connectivity index (χ2v) is 8.25. The van der Waals surface area contributed by atoms with Crippen molar-refractivity contribution in [3.63, 3.8) is 0 Å². The van der Waals surface area contributed by atoms with Crippen molar-refractivity contribution in [1.82, 2.24) is 5.32 Å². The number of hydrogen-bond acceptors (Lipinski definition) is 4. The molecule has 2 rings (SSSR count). The van der Waals surface area contributed by atoms with Crippen LogP contribution in [0.3, 0.4) is 0 Å². The van der Waals surface area contributed by atoms with E-state index >= 15 is 0 Å². The highest BCUT2D eigenvalue weighted by molar-refractivity contribution is 7.90. The lowest BCUT2D eigenvalue weighted by molar-refractivity contribution is 0.171. The molecule has 1 aliphatic carbocycles. The number of aliphatic hydroxyl groups is 1. The van der Waals surface area contributed by atoms with E-state index < -0.39 is 15.9 Å². The van der Waals surface area contributed by atoms with Gasteiger partial charge >= 0.3 is 0 Å². The minimum Gasteiger partial charge on any atom is -0.387 e. The summed E-state index contributed by atoms with van der Waals surface area (Å²) in [5.74, 6) is 0. The largest absolute Gasteiger partial charge is 0.387 e. The van der Waals surface area contributed by atoms with Gasteiger partial charge in [0.05, 0.1) is 11.0 Å². The van der Waals surface area contributed by atoms with Crippen LogP contribution in [0.2, 0.25) is 0 Å². The van der Waals surface area contributed by atoms with E-state index in [2.05, 4.69) is 12.2 Å². The van der Waals surface area contributed by atoms with Gasteiger partial charge < -0.3 is 10.4 Å². The number of benzene rings is 1. The molecular formula is C16H25NO3S. The van der Waals surface area contributed by atoms with Gasteiger partial charge in [0.15, 0.2) is 9.84 Å². The highest BCUT2D eigenvalue weighted by Crippen LogP contribution is 2.48. The molecule has 1 aromatic carbocycles. The Kier molecular flexibility index (Phi) is 5.07. The predicted octanol–water partition coefficient (Wildman–Crippen LogP) is 2.29. The van der Waals surface area contributed by atoms with Crippen LogP contribution in [0.5, 0.6) is 0 Å². The molecule has 0 radical (unpaired) electrons. The zero-order chi connectivity index (χ0) is 15.5. The van der Waals surface area contributed by atoms with Gasteiger partial charge in [0.1, 0.15) is 0 Å². The first-order valence-corrected chi connectivity index (χ1v) is 9.44. The fraction of sp³-hybridized carbons (Fsp3) is 0.625. The van der Waals surface area contributed by atoms with Gasteiger partial charge in [-0.1, -0.05) is 25.5 Å². The third kappa shape index (κ3) is 4.53. The first kappa shape index (κ1) is 16.5. The van der Waals surface area contributed by atoms with E-state index in [0.29, 0.717) is 12.0 Å². The lowest BCUT2D eigenvalue weighted by Crippen LogP contribution is -2.28. The van der Waals surface area contributed by atoms with E-state index in [9.17, 15) is 13.5 Å². The molecule has 5 heteroatoms. The molecule has 1 aromatic rings. The maximum atomic E-state index is 11.4. The number of nitrogens with one attached hydrogen (secondary N) is 1. The van der Waals surface area contributed by atoms with Crippen molar-refractivity contribution in [2.45, 2.75) is 43.6 Å². The highest BCUT2D eigenvalue weighted by atomic mass is 32.2. The molecular weight excluding hydrogens is 286 g/mol. The van der Waals surface area contributed by atoms with Crippen LogP contribution in [0.25, 0.3) is 0 Å². The van der Waals surface area contributed by atoms with Gasteiger partial charge in [-0.2, -0.15) is 0 Å². The molecule has 1 atom stereocenters. The number of rotatable bonds is 8. The van der Waals surface area contributed by atoms with Gasteiger partial charge in [-0.25, -0.2) is 8.42 Å². The van der Waals surface area contributed by atoms with Crippen LogP contribution in [0.1, 0.15) is 44.3 Å². The smallest absolute Gasteiger partial charge is 0.175 e. The van der Waals surface area contributed by atoms with Gasteiger partial charge in [0.25, 0.3) is 0 Å². The summed E-state index contributed by atoms with van der Waals surface area (Å²) < 4.78 is 22.8. The van der Waals surface area contributed by atoms with E-state index in [1.165, 1.54) is 31.9 Å². The van der Waals surface area contributed by atoms with E-state index in [1.807, 2.05) is 0 Å². The fourth-order valence-electron chi connectivity index (χ4n) is 2.75. The molecule has 0 bridgehead atoms. The normalized spacial score (nSPS) is 18.4. The van der Waals surface area contributed by atoms with E-state index in [4.69, 9.17) is 0 Å². The number of aliphatic hydroxyl groups excluding tert-OH is 1. The van der Waals surface area contributed by atoms with Gasteiger partial charge in [0, 0.05) is 19.3 Å². The van der Waals surface area contributed by atoms with Gasteiger partial charge in [-0.05, 0) is 42.4 Å². The lowest BCUT2D eigenvalue weighted by Gasteiger charge is -2.17. The Morgan fingerprint density at radius 2 is 1.90 bits per heavy atom. The summed E-state index contributed by atoms with van der Waals surface area (Å²) in [6, 6.07) is 6.46. The summed E-state index contributed by atoms with van der Waals surface area (Å²) in [7, 11) is -3.18. The van der Waals surface area contributed by atoms with Gasteiger partial charge in [-0.3, -0.25) is 0 Å². The van der Waals surface area contributed by atoms with Crippen LogP contribution in [0.15, 0.2) is 29.2 Å². The predicted molar refractivity (Wildman–Crippen MR) is 84.0 cm³/mol. The molecule has 118 valence electrons. The first-order valence-electron chi connectivity index (χ1n) is 7.55. The van der Waals surface area contributed by atoms with Crippen LogP contribution in [-0.2, 0) is 9.84 Å². The van der Waals surface area contributed by atoms with Crippen LogP contribution >= 0.6 is 0 Å². The van der Waals surface area contributed by atoms with Crippen molar-refractivity contribution in [2.24, 2.45) is 5.41 Å². The van der Waals surface area contributed by atoms with Crippen LogP contribution < -0.4 is 5.32 Å². The Morgan fingerprint density at radius 3 is 2.38 bits per heavy atom. The Balaban J connectivity index is 1.85. The third-order valence-electron chi connectivity index (χ3n) is 4.27. The minimum absolute atomic E-state index is 0.284. The van der Waals surface area contributed by atoms with E-state index in [0.717, 1.165) is 12.1 Å². The van der Waals surface area contributed by atoms with Gasteiger partial charge in [0.2, 0.25) is 0 Å². The molecule has 0 saturated heterocycles. The molecule has 1 fully saturated rings. The average Bonchev–Trinajstić information content (AvgIpc) is 3.18. The highest BCUT2D eigenvalue weighted by Gasteiger charge is 2.40. The summed E-state index contributed by atoms with van der Waals surface area (Å²) in [6.07, 6.45) is 5.61. The molecule has 21 heavy (non-hydrogen) atoms. The van der Waals surface area contributed by atoms with Gasteiger partial charge in [-0.15, -0.1) is 0 Å². The van der Waals surface area contributed by atoms with Crippen molar-refractivity contribution >= 4 is 9.84 Å². The van der Waals surface area contributed by atoms with E-state index in [-0.39, 0.29) is 4.90 Å². The summed E-state index contributed by atoms with van der Waals surface area (Å²) in [5.41, 5.74) is 1.21. The first-order chi connectivity index (χ1) is 9.86.